The maximum absolute atomic E-state index is 12.5. The van der Waals surface area contributed by atoms with Crippen LogP contribution in [0.1, 0.15) is 20.8 Å². The van der Waals surface area contributed by atoms with E-state index in [4.69, 9.17) is 0 Å². The van der Waals surface area contributed by atoms with Gasteiger partial charge >= 0.3 is 6.03 Å². The molecule has 1 aliphatic heterocycles. The van der Waals surface area contributed by atoms with E-state index in [0.717, 1.165) is 17.4 Å². The van der Waals surface area contributed by atoms with Gasteiger partial charge in [0.25, 0.3) is 0 Å². The molecule has 1 aliphatic rings. The summed E-state index contributed by atoms with van der Waals surface area (Å²) < 4.78 is 0. The summed E-state index contributed by atoms with van der Waals surface area (Å²) in [6, 6.07) is 4.85. The highest BCUT2D eigenvalue weighted by Gasteiger charge is 2.34. The maximum atomic E-state index is 12.5. The number of anilines is 1. The van der Waals surface area contributed by atoms with Crippen LogP contribution < -0.4 is 5.32 Å². The molecular formula is C17H23N5O2. The summed E-state index contributed by atoms with van der Waals surface area (Å²) in [5.41, 5.74) is 1.61. The number of H-pyrrole nitrogens is 1. The lowest BCUT2D eigenvalue weighted by atomic mass is 10.1. The molecule has 1 unspecified atom stereocenters. The van der Waals surface area contributed by atoms with Crippen molar-refractivity contribution in [2.45, 2.75) is 26.8 Å². The monoisotopic (exact) mass is 329 g/mol. The SMILES string of the molecule is CC(C)CN1CCN(C(=O)Nc2ccc3[nH]ncc3c2)C(C)C1=O. The van der Waals surface area contributed by atoms with Crippen LogP contribution in [-0.2, 0) is 4.79 Å². The quantitative estimate of drug-likeness (QED) is 0.906. The Morgan fingerprint density at radius 2 is 2.21 bits per heavy atom. The molecule has 0 aliphatic carbocycles. The molecule has 2 aromatic rings. The zero-order chi connectivity index (χ0) is 17.3. The van der Waals surface area contributed by atoms with Gasteiger partial charge in [-0.05, 0) is 31.0 Å². The molecule has 1 aromatic heterocycles. The van der Waals surface area contributed by atoms with Crippen molar-refractivity contribution in [2.24, 2.45) is 5.92 Å². The van der Waals surface area contributed by atoms with Crippen LogP contribution >= 0.6 is 0 Å². The zero-order valence-electron chi connectivity index (χ0n) is 14.2. The second-order valence-electron chi connectivity index (χ2n) is 6.65. The molecule has 128 valence electrons. The van der Waals surface area contributed by atoms with Crippen LogP contribution in [0, 0.1) is 5.92 Å². The Bertz CT molecular complexity index is 754. The van der Waals surface area contributed by atoms with E-state index in [1.807, 2.05) is 23.1 Å². The molecule has 24 heavy (non-hydrogen) atoms. The molecule has 0 saturated carbocycles. The standard InChI is InChI=1S/C17H23N5O2/c1-11(2)10-21-6-7-22(12(3)16(21)23)17(24)19-14-4-5-15-13(8-14)9-18-20-15/h4-5,8-9,11-12H,6-7,10H2,1-3H3,(H,18,20)(H,19,24). The molecule has 0 radical (unpaired) electrons. The van der Waals surface area contributed by atoms with E-state index in [-0.39, 0.29) is 11.9 Å². The van der Waals surface area contributed by atoms with Gasteiger partial charge in [-0.25, -0.2) is 4.79 Å². The van der Waals surface area contributed by atoms with Crippen LogP contribution in [0.15, 0.2) is 24.4 Å². The first-order chi connectivity index (χ1) is 11.5. The lowest BCUT2D eigenvalue weighted by molar-refractivity contribution is -0.139. The Hall–Kier alpha value is -2.57. The Morgan fingerprint density at radius 1 is 1.42 bits per heavy atom. The summed E-state index contributed by atoms with van der Waals surface area (Å²) in [7, 11) is 0. The third-order valence-corrected chi connectivity index (χ3v) is 4.29. The average molecular weight is 329 g/mol. The summed E-state index contributed by atoms with van der Waals surface area (Å²) in [5.74, 6) is 0.429. The van der Waals surface area contributed by atoms with Crippen molar-refractivity contribution in [2.75, 3.05) is 25.0 Å². The number of benzene rings is 1. The Balaban J connectivity index is 1.67. The molecule has 2 N–H and O–H groups in total. The van der Waals surface area contributed by atoms with Gasteiger partial charge in [-0.15, -0.1) is 0 Å². The van der Waals surface area contributed by atoms with E-state index >= 15 is 0 Å². The molecule has 3 rings (SSSR count). The van der Waals surface area contributed by atoms with Crippen LogP contribution in [0.25, 0.3) is 10.9 Å². The molecule has 3 amide bonds. The number of aromatic nitrogens is 2. The van der Waals surface area contributed by atoms with Gasteiger partial charge in [-0.3, -0.25) is 9.89 Å². The van der Waals surface area contributed by atoms with Crippen molar-refractivity contribution in [3.05, 3.63) is 24.4 Å². The van der Waals surface area contributed by atoms with Gasteiger partial charge < -0.3 is 15.1 Å². The predicted molar refractivity (Wildman–Crippen MR) is 92.7 cm³/mol. The lowest BCUT2D eigenvalue weighted by Crippen LogP contribution is -2.58. The van der Waals surface area contributed by atoms with Gasteiger partial charge in [0.1, 0.15) is 6.04 Å². The Labute approximate surface area is 141 Å². The van der Waals surface area contributed by atoms with Gasteiger partial charge in [-0.1, -0.05) is 13.8 Å². The van der Waals surface area contributed by atoms with Crippen molar-refractivity contribution in [1.29, 1.82) is 0 Å². The number of fused-ring (bicyclic) bond motifs is 1. The number of urea groups is 1. The number of nitrogens with zero attached hydrogens (tertiary/aromatic N) is 3. The molecule has 1 aromatic carbocycles. The third kappa shape index (κ3) is 3.20. The summed E-state index contributed by atoms with van der Waals surface area (Å²) in [5, 5.41) is 10.6. The highest BCUT2D eigenvalue weighted by atomic mass is 16.2. The minimum absolute atomic E-state index is 0.00962. The average Bonchev–Trinajstić information content (AvgIpc) is 2.99. The van der Waals surface area contributed by atoms with Crippen LogP contribution in [0.5, 0.6) is 0 Å². The first-order valence-electron chi connectivity index (χ1n) is 8.25. The second-order valence-corrected chi connectivity index (χ2v) is 6.65. The number of piperazine rings is 1. The number of hydrogen-bond donors (Lipinski definition) is 2. The van der Waals surface area contributed by atoms with Gasteiger partial charge in [0.2, 0.25) is 5.91 Å². The van der Waals surface area contributed by atoms with Crippen LogP contribution in [-0.4, -0.2) is 57.6 Å². The molecule has 1 fully saturated rings. The van der Waals surface area contributed by atoms with Crippen LogP contribution in [0.2, 0.25) is 0 Å². The minimum atomic E-state index is -0.449. The number of hydrogen-bond acceptors (Lipinski definition) is 3. The number of carbonyl (C=O) groups is 2. The highest BCUT2D eigenvalue weighted by Crippen LogP contribution is 2.19. The molecule has 2 heterocycles. The molecule has 7 nitrogen and oxygen atoms in total. The molecule has 0 spiro atoms. The van der Waals surface area contributed by atoms with E-state index in [0.29, 0.717) is 24.7 Å². The summed E-state index contributed by atoms with van der Waals surface area (Å²) in [6.07, 6.45) is 1.71. The summed E-state index contributed by atoms with van der Waals surface area (Å²) in [6.45, 7) is 7.81. The Morgan fingerprint density at radius 3 is 2.96 bits per heavy atom. The van der Waals surface area contributed by atoms with E-state index in [2.05, 4.69) is 29.4 Å². The van der Waals surface area contributed by atoms with Crippen molar-refractivity contribution in [1.82, 2.24) is 20.0 Å². The van der Waals surface area contributed by atoms with E-state index in [1.54, 1.807) is 18.0 Å². The van der Waals surface area contributed by atoms with Gasteiger partial charge in [0.15, 0.2) is 0 Å². The largest absolute Gasteiger partial charge is 0.339 e. The highest BCUT2D eigenvalue weighted by molar-refractivity contribution is 5.96. The predicted octanol–water partition coefficient (Wildman–Crippen LogP) is 2.28. The summed E-state index contributed by atoms with van der Waals surface area (Å²) >= 11 is 0. The number of carbonyl (C=O) groups excluding carboxylic acids is 2. The van der Waals surface area contributed by atoms with Gasteiger partial charge in [0.05, 0.1) is 11.7 Å². The number of nitrogens with one attached hydrogen (secondary N) is 2. The number of rotatable bonds is 3. The topological polar surface area (TPSA) is 81.3 Å². The fourth-order valence-corrected chi connectivity index (χ4v) is 3.05. The lowest BCUT2D eigenvalue weighted by Gasteiger charge is -2.39. The normalized spacial score (nSPS) is 18.5. The number of aromatic amines is 1. The second kappa shape index (κ2) is 6.51. The van der Waals surface area contributed by atoms with Gasteiger partial charge in [0, 0.05) is 30.7 Å². The molecular weight excluding hydrogens is 306 g/mol. The first-order valence-corrected chi connectivity index (χ1v) is 8.25. The smallest absolute Gasteiger partial charge is 0.322 e. The minimum Gasteiger partial charge on any atom is -0.339 e. The van der Waals surface area contributed by atoms with Crippen molar-refractivity contribution in [3.8, 4) is 0 Å². The van der Waals surface area contributed by atoms with Gasteiger partial charge in [-0.2, -0.15) is 5.10 Å². The zero-order valence-corrected chi connectivity index (χ0v) is 14.2. The van der Waals surface area contributed by atoms with E-state index in [9.17, 15) is 9.59 Å². The van der Waals surface area contributed by atoms with Crippen molar-refractivity contribution < 1.29 is 9.59 Å². The van der Waals surface area contributed by atoms with E-state index in [1.165, 1.54) is 0 Å². The number of amides is 3. The first kappa shape index (κ1) is 16.3. The Kier molecular flexibility index (Phi) is 4.42. The summed E-state index contributed by atoms with van der Waals surface area (Å²) in [4.78, 5) is 28.4. The van der Waals surface area contributed by atoms with Crippen LogP contribution in [0.4, 0.5) is 10.5 Å². The molecule has 0 bridgehead atoms. The fourth-order valence-electron chi connectivity index (χ4n) is 3.05. The van der Waals surface area contributed by atoms with Crippen LogP contribution in [0.3, 0.4) is 0 Å². The molecule has 1 saturated heterocycles. The van der Waals surface area contributed by atoms with E-state index < -0.39 is 6.04 Å². The van der Waals surface area contributed by atoms with Crippen molar-refractivity contribution in [3.63, 3.8) is 0 Å². The third-order valence-electron chi connectivity index (χ3n) is 4.29. The molecule has 7 heteroatoms. The molecule has 1 atom stereocenters. The fraction of sp³-hybridized carbons (Fsp3) is 0.471. The maximum Gasteiger partial charge on any atom is 0.322 e. The van der Waals surface area contributed by atoms with Crippen molar-refractivity contribution >= 4 is 28.5 Å².